The molecule has 1 aliphatic rings. The fourth-order valence-electron chi connectivity index (χ4n) is 2.74. The minimum absolute atomic E-state index is 0.105. The predicted octanol–water partition coefficient (Wildman–Crippen LogP) is 4.02. The largest absolute Gasteiger partial charge is 0.484 e. The van der Waals surface area contributed by atoms with E-state index in [9.17, 15) is 0 Å². The van der Waals surface area contributed by atoms with Crippen molar-refractivity contribution in [1.82, 2.24) is 0 Å². The lowest BCUT2D eigenvalue weighted by Gasteiger charge is -2.18. The number of aryl methyl sites for hydroxylation is 2. The van der Waals surface area contributed by atoms with E-state index in [0.717, 1.165) is 22.2 Å². The number of benzene rings is 2. The molecule has 1 aliphatic carbocycles. The monoisotopic (exact) mass is 331 g/mol. The molecular weight excluding hydrogens is 314 g/mol. The number of hydrogen-bond acceptors (Lipinski definition) is 2. The number of fused-ring (bicyclic) bond motifs is 1. The standard InChI is InChI=1S/C17H18BrNO/c18-15-6-2-5-14(9-15)17(11-19)20-16-8-7-12-3-1-4-13(12)10-16/h2,5-10,17H,1,3-4,11,19H2. The smallest absolute Gasteiger partial charge is 0.136 e. The molecule has 104 valence electrons. The fraction of sp³-hybridized carbons (Fsp3) is 0.294. The van der Waals surface area contributed by atoms with Crippen LogP contribution in [0.3, 0.4) is 0 Å². The molecule has 0 heterocycles. The van der Waals surface area contributed by atoms with Crippen LogP contribution in [0, 0.1) is 0 Å². The van der Waals surface area contributed by atoms with E-state index in [4.69, 9.17) is 10.5 Å². The molecule has 0 aromatic heterocycles. The molecule has 2 nitrogen and oxygen atoms in total. The zero-order valence-corrected chi connectivity index (χ0v) is 12.9. The maximum Gasteiger partial charge on any atom is 0.136 e. The van der Waals surface area contributed by atoms with E-state index in [-0.39, 0.29) is 6.10 Å². The first-order valence-corrected chi connectivity index (χ1v) is 7.79. The summed E-state index contributed by atoms with van der Waals surface area (Å²) in [6.07, 6.45) is 3.51. The molecule has 1 atom stereocenters. The minimum Gasteiger partial charge on any atom is -0.484 e. The summed E-state index contributed by atoms with van der Waals surface area (Å²) in [4.78, 5) is 0. The Kier molecular flexibility index (Phi) is 4.08. The van der Waals surface area contributed by atoms with Gasteiger partial charge < -0.3 is 10.5 Å². The predicted molar refractivity (Wildman–Crippen MR) is 85.0 cm³/mol. The van der Waals surface area contributed by atoms with Crippen LogP contribution < -0.4 is 10.5 Å². The molecule has 0 fully saturated rings. The Morgan fingerprint density at radius 3 is 2.75 bits per heavy atom. The van der Waals surface area contributed by atoms with Crippen LogP contribution in [-0.2, 0) is 12.8 Å². The molecule has 1 unspecified atom stereocenters. The highest BCUT2D eigenvalue weighted by Crippen LogP contribution is 2.29. The second-order valence-corrected chi connectivity index (χ2v) is 6.10. The van der Waals surface area contributed by atoms with Gasteiger partial charge in [-0.05, 0) is 60.2 Å². The molecule has 0 bridgehead atoms. The van der Waals surface area contributed by atoms with Gasteiger partial charge in [-0.15, -0.1) is 0 Å². The highest BCUT2D eigenvalue weighted by atomic mass is 79.9. The summed E-state index contributed by atoms with van der Waals surface area (Å²) in [6, 6.07) is 14.5. The Bertz CT molecular complexity index is 612. The molecule has 2 aromatic rings. The summed E-state index contributed by atoms with van der Waals surface area (Å²) in [5.41, 5.74) is 9.86. The van der Waals surface area contributed by atoms with E-state index in [0.29, 0.717) is 6.54 Å². The van der Waals surface area contributed by atoms with Crippen molar-refractivity contribution in [3.8, 4) is 5.75 Å². The van der Waals surface area contributed by atoms with E-state index < -0.39 is 0 Å². The molecule has 0 saturated carbocycles. The number of halogens is 1. The SMILES string of the molecule is NCC(Oc1ccc2c(c1)CCC2)c1cccc(Br)c1. The molecule has 0 amide bonds. The van der Waals surface area contributed by atoms with Crippen molar-refractivity contribution in [2.24, 2.45) is 5.73 Å². The molecule has 2 N–H and O–H groups in total. The average Bonchev–Trinajstić information content (AvgIpc) is 2.92. The van der Waals surface area contributed by atoms with Crippen molar-refractivity contribution >= 4 is 15.9 Å². The van der Waals surface area contributed by atoms with Gasteiger partial charge >= 0.3 is 0 Å². The molecule has 0 spiro atoms. The lowest BCUT2D eigenvalue weighted by atomic mass is 10.1. The van der Waals surface area contributed by atoms with E-state index in [1.807, 2.05) is 12.1 Å². The number of hydrogen-bond donors (Lipinski definition) is 1. The van der Waals surface area contributed by atoms with Gasteiger partial charge in [-0.3, -0.25) is 0 Å². The summed E-state index contributed by atoms with van der Waals surface area (Å²) in [7, 11) is 0. The Morgan fingerprint density at radius 2 is 1.95 bits per heavy atom. The first kappa shape index (κ1) is 13.7. The molecule has 0 radical (unpaired) electrons. The van der Waals surface area contributed by atoms with E-state index in [1.54, 1.807) is 0 Å². The summed E-state index contributed by atoms with van der Waals surface area (Å²) < 4.78 is 7.13. The van der Waals surface area contributed by atoms with Crippen molar-refractivity contribution in [2.75, 3.05) is 6.54 Å². The third kappa shape index (κ3) is 2.89. The number of ether oxygens (including phenoxy) is 1. The van der Waals surface area contributed by atoms with Gasteiger partial charge in [0, 0.05) is 11.0 Å². The Morgan fingerprint density at radius 1 is 1.10 bits per heavy atom. The Labute approximate surface area is 128 Å². The van der Waals surface area contributed by atoms with Crippen molar-refractivity contribution < 1.29 is 4.74 Å². The zero-order chi connectivity index (χ0) is 13.9. The van der Waals surface area contributed by atoms with Gasteiger partial charge in [0.2, 0.25) is 0 Å². The van der Waals surface area contributed by atoms with Gasteiger partial charge in [-0.25, -0.2) is 0 Å². The van der Waals surface area contributed by atoms with Crippen LogP contribution in [0.4, 0.5) is 0 Å². The molecule has 3 heteroatoms. The highest BCUT2D eigenvalue weighted by molar-refractivity contribution is 9.10. The maximum atomic E-state index is 6.08. The van der Waals surface area contributed by atoms with Gasteiger partial charge in [0.05, 0.1) is 0 Å². The quantitative estimate of drug-likeness (QED) is 0.918. The van der Waals surface area contributed by atoms with Crippen molar-refractivity contribution in [1.29, 1.82) is 0 Å². The van der Waals surface area contributed by atoms with Gasteiger partial charge in [0.25, 0.3) is 0 Å². The molecule has 3 rings (SSSR count). The van der Waals surface area contributed by atoms with Crippen LogP contribution in [0.25, 0.3) is 0 Å². The van der Waals surface area contributed by atoms with Crippen LogP contribution in [-0.4, -0.2) is 6.54 Å². The second-order valence-electron chi connectivity index (χ2n) is 5.18. The van der Waals surface area contributed by atoms with Crippen LogP contribution in [0.1, 0.15) is 29.2 Å². The molecule has 0 aliphatic heterocycles. The summed E-state index contributed by atoms with van der Waals surface area (Å²) in [5.74, 6) is 0.918. The second kappa shape index (κ2) is 5.98. The van der Waals surface area contributed by atoms with Gasteiger partial charge in [0.15, 0.2) is 0 Å². The minimum atomic E-state index is -0.105. The van der Waals surface area contributed by atoms with Gasteiger partial charge in [-0.1, -0.05) is 34.1 Å². The van der Waals surface area contributed by atoms with Crippen molar-refractivity contribution in [3.05, 3.63) is 63.6 Å². The third-order valence-corrected chi connectivity index (χ3v) is 4.28. The van der Waals surface area contributed by atoms with Crippen LogP contribution in [0.15, 0.2) is 46.9 Å². The summed E-state index contributed by atoms with van der Waals surface area (Å²) >= 11 is 3.49. The van der Waals surface area contributed by atoms with Crippen molar-refractivity contribution in [3.63, 3.8) is 0 Å². The average molecular weight is 332 g/mol. The van der Waals surface area contributed by atoms with Gasteiger partial charge in [0.1, 0.15) is 11.9 Å². The maximum absolute atomic E-state index is 6.08. The highest BCUT2D eigenvalue weighted by Gasteiger charge is 2.15. The zero-order valence-electron chi connectivity index (χ0n) is 11.3. The number of rotatable bonds is 4. The van der Waals surface area contributed by atoms with Gasteiger partial charge in [-0.2, -0.15) is 0 Å². The Hall–Kier alpha value is -1.32. The summed E-state index contributed by atoms with van der Waals surface area (Å²) in [6.45, 7) is 0.466. The van der Waals surface area contributed by atoms with E-state index in [2.05, 4.69) is 46.3 Å². The fourth-order valence-corrected chi connectivity index (χ4v) is 3.16. The van der Waals surface area contributed by atoms with E-state index >= 15 is 0 Å². The van der Waals surface area contributed by atoms with Crippen LogP contribution in [0.2, 0.25) is 0 Å². The number of nitrogens with two attached hydrogens (primary N) is 1. The van der Waals surface area contributed by atoms with Crippen molar-refractivity contribution in [2.45, 2.75) is 25.4 Å². The van der Waals surface area contributed by atoms with Crippen LogP contribution in [0.5, 0.6) is 5.75 Å². The van der Waals surface area contributed by atoms with E-state index in [1.165, 1.54) is 24.0 Å². The lowest BCUT2D eigenvalue weighted by Crippen LogP contribution is -2.18. The lowest BCUT2D eigenvalue weighted by molar-refractivity contribution is 0.214. The molecule has 20 heavy (non-hydrogen) atoms. The molecule has 2 aromatic carbocycles. The molecule has 0 saturated heterocycles. The van der Waals surface area contributed by atoms with Crippen LogP contribution >= 0.6 is 15.9 Å². The first-order chi connectivity index (χ1) is 9.76. The normalized spacial score (nSPS) is 14.9. The molecular formula is C17H18BrNO. The third-order valence-electron chi connectivity index (χ3n) is 3.78. The Balaban J connectivity index is 1.81. The topological polar surface area (TPSA) is 35.2 Å². The summed E-state index contributed by atoms with van der Waals surface area (Å²) in [5, 5.41) is 0. The first-order valence-electron chi connectivity index (χ1n) is 7.00.